The SMILES string of the molecule is O=S(=O)(NCCNc1cc(Nc2ccccn2)ncn1)c1cc(F)ccc1F. The van der Waals surface area contributed by atoms with Gasteiger partial charge in [0.15, 0.2) is 0 Å². The maximum atomic E-state index is 13.6. The van der Waals surface area contributed by atoms with E-state index in [0.29, 0.717) is 23.5 Å². The molecule has 3 N–H and O–H groups in total. The van der Waals surface area contributed by atoms with Gasteiger partial charge in [-0.25, -0.2) is 36.9 Å². The van der Waals surface area contributed by atoms with Crippen LogP contribution in [-0.4, -0.2) is 36.5 Å². The number of benzene rings is 1. The lowest BCUT2D eigenvalue weighted by Gasteiger charge is -2.10. The molecule has 11 heteroatoms. The summed E-state index contributed by atoms with van der Waals surface area (Å²) >= 11 is 0. The average molecular weight is 406 g/mol. The summed E-state index contributed by atoms with van der Waals surface area (Å²) in [7, 11) is -4.18. The minimum Gasteiger partial charge on any atom is -0.369 e. The van der Waals surface area contributed by atoms with Crippen molar-refractivity contribution in [3.8, 4) is 0 Å². The highest BCUT2D eigenvalue weighted by Gasteiger charge is 2.19. The normalized spacial score (nSPS) is 11.2. The molecule has 28 heavy (non-hydrogen) atoms. The van der Waals surface area contributed by atoms with Crippen LogP contribution in [0.2, 0.25) is 0 Å². The number of hydrogen-bond acceptors (Lipinski definition) is 7. The molecule has 3 aromatic rings. The van der Waals surface area contributed by atoms with E-state index in [9.17, 15) is 17.2 Å². The van der Waals surface area contributed by atoms with Gasteiger partial charge in [-0.3, -0.25) is 0 Å². The monoisotopic (exact) mass is 406 g/mol. The van der Waals surface area contributed by atoms with E-state index in [-0.39, 0.29) is 13.1 Å². The predicted octanol–water partition coefficient (Wildman–Crippen LogP) is 2.28. The van der Waals surface area contributed by atoms with Crippen molar-refractivity contribution < 1.29 is 17.2 Å². The van der Waals surface area contributed by atoms with E-state index in [4.69, 9.17) is 0 Å². The summed E-state index contributed by atoms with van der Waals surface area (Å²) in [5.74, 6) is -0.308. The van der Waals surface area contributed by atoms with Crippen LogP contribution in [0.1, 0.15) is 0 Å². The van der Waals surface area contributed by atoms with Gasteiger partial charge in [0, 0.05) is 25.4 Å². The van der Waals surface area contributed by atoms with E-state index >= 15 is 0 Å². The molecule has 0 saturated carbocycles. The zero-order chi connectivity index (χ0) is 20.0. The van der Waals surface area contributed by atoms with Gasteiger partial charge in [0.05, 0.1) is 0 Å². The molecule has 0 amide bonds. The number of nitrogens with one attached hydrogen (secondary N) is 3. The largest absolute Gasteiger partial charge is 0.369 e. The summed E-state index contributed by atoms with van der Waals surface area (Å²) in [6, 6.07) is 9.24. The molecule has 0 aliphatic heterocycles. The van der Waals surface area contributed by atoms with Gasteiger partial charge in [-0.2, -0.15) is 0 Å². The number of pyridine rings is 1. The summed E-state index contributed by atoms with van der Waals surface area (Å²) in [4.78, 5) is 11.5. The van der Waals surface area contributed by atoms with Gasteiger partial charge in [0.1, 0.15) is 40.3 Å². The fourth-order valence-corrected chi connectivity index (χ4v) is 3.35. The van der Waals surface area contributed by atoms with Crippen LogP contribution in [0.5, 0.6) is 0 Å². The summed E-state index contributed by atoms with van der Waals surface area (Å²) < 4.78 is 53.2. The van der Waals surface area contributed by atoms with E-state index in [1.165, 1.54) is 6.33 Å². The molecule has 0 atom stereocenters. The van der Waals surface area contributed by atoms with Crippen molar-refractivity contribution in [1.29, 1.82) is 0 Å². The summed E-state index contributed by atoms with van der Waals surface area (Å²) in [5, 5.41) is 5.92. The Morgan fingerprint density at radius 2 is 1.71 bits per heavy atom. The Morgan fingerprint density at radius 3 is 2.50 bits per heavy atom. The van der Waals surface area contributed by atoms with Gasteiger partial charge >= 0.3 is 0 Å². The Kier molecular flexibility index (Phi) is 6.06. The zero-order valence-corrected chi connectivity index (χ0v) is 15.2. The summed E-state index contributed by atoms with van der Waals surface area (Å²) in [6.07, 6.45) is 2.97. The Labute approximate surface area is 160 Å². The molecule has 1 aromatic carbocycles. The first-order valence-electron chi connectivity index (χ1n) is 8.13. The van der Waals surface area contributed by atoms with Crippen molar-refractivity contribution in [2.24, 2.45) is 0 Å². The smallest absolute Gasteiger partial charge is 0.243 e. The second kappa shape index (κ2) is 8.67. The molecule has 0 unspecified atom stereocenters. The Bertz CT molecular complexity index is 1050. The fraction of sp³-hybridized carbons (Fsp3) is 0.118. The van der Waals surface area contributed by atoms with Crippen LogP contribution >= 0.6 is 0 Å². The number of aromatic nitrogens is 3. The molecule has 2 heterocycles. The number of sulfonamides is 1. The molecule has 0 saturated heterocycles. The van der Waals surface area contributed by atoms with E-state index in [1.54, 1.807) is 24.4 Å². The molecule has 0 bridgehead atoms. The highest BCUT2D eigenvalue weighted by atomic mass is 32.2. The third-order valence-corrected chi connectivity index (χ3v) is 4.97. The minimum absolute atomic E-state index is 0.0642. The molecule has 0 fully saturated rings. The molecule has 0 aliphatic carbocycles. The molecular formula is C17H16F2N6O2S. The van der Waals surface area contributed by atoms with Gasteiger partial charge in [-0.1, -0.05) is 6.07 Å². The van der Waals surface area contributed by atoms with Crippen LogP contribution in [0.4, 0.5) is 26.2 Å². The van der Waals surface area contributed by atoms with Gasteiger partial charge in [-0.15, -0.1) is 0 Å². The Morgan fingerprint density at radius 1 is 0.893 bits per heavy atom. The number of anilines is 3. The Hall–Kier alpha value is -3.18. The fourth-order valence-electron chi connectivity index (χ4n) is 2.23. The highest BCUT2D eigenvalue weighted by molar-refractivity contribution is 7.89. The second-order valence-electron chi connectivity index (χ2n) is 5.53. The standard InChI is InChI=1S/C17H16F2N6O2S/c18-12-4-5-13(19)14(9-12)28(26,27)24-8-7-21-16-10-17(23-11-22-16)25-15-3-1-2-6-20-15/h1-6,9-11,24H,7-8H2,(H2,20,21,22,23,25). The molecule has 2 aromatic heterocycles. The van der Waals surface area contributed by atoms with Gasteiger partial charge in [0.2, 0.25) is 10.0 Å². The molecule has 8 nitrogen and oxygen atoms in total. The zero-order valence-electron chi connectivity index (χ0n) is 14.4. The van der Waals surface area contributed by atoms with Crippen molar-refractivity contribution in [2.45, 2.75) is 4.90 Å². The van der Waals surface area contributed by atoms with Crippen LogP contribution in [-0.2, 0) is 10.0 Å². The predicted molar refractivity (Wildman–Crippen MR) is 99.6 cm³/mol. The third-order valence-electron chi connectivity index (χ3n) is 3.49. The molecule has 0 aliphatic rings. The van der Waals surface area contributed by atoms with Crippen molar-refractivity contribution in [1.82, 2.24) is 19.7 Å². The second-order valence-corrected chi connectivity index (χ2v) is 7.26. The lowest BCUT2D eigenvalue weighted by molar-refractivity contribution is 0.546. The third kappa shape index (κ3) is 5.18. The van der Waals surface area contributed by atoms with E-state index in [1.807, 2.05) is 6.07 Å². The summed E-state index contributed by atoms with van der Waals surface area (Å²) in [5.41, 5.74) is 0. The van der Waals surface area contributed by atoms with Crippen molar-refractivity contribution in [3.63, 3.8) is 0 Å². The van der Waals surface area contributed by atoms with Crippen LogP contribution in [0.15, 0.2) is 59.9 Å². The number of halogens is 2. The van der Waals surface area contributed by atoms with Gasteiger partial charge < -0.3 is 10.6 Å². The van der Waals surface area contributed by atoms with E-state index in [0.717, 1.165) is 12.1 Å². The van der Waals surface area contributed by atoms with Crippen molar-refractivity contribution >= 4 is 27.5 Å². The molecule has 146 valence electrons. The number of nitrogens with zero attached hydrogens (tertiary/aromatic N) is 3. The van der Waals surface area contributed by atoms with E-state index in [2.05, 4.69) is 30.3 Å². The van der Waals surface area contributed by atoms with Crippen molar-refractivity contribution in [3.05, 3.63) is 66.6 Å². The lowest BCUT2D eigenvalue weighted by atomic mass is 10.3. The first kappa shape index (κ1) is 19.6. The quantitative estimate of drug-likeness (QED) is 0.493. The minimum atomic E-state index is -4.18. The number of hydrogen-bond donors (Lipinski definition) is 3. The maximum Gasteiger partial charge on any atom is 0.243 e. The van der Waals surface area contributed by atoms with Crippen molar-refractivity contribution in [2.75, 3.05) is 23.7 Å². The van der Waals surface area contributed by atoms with Crippen LogP contribution < -0.4 is 15.4 Å². The molecule has 0 radical (unpaired) electrons. The highest BCUT2D eigenvalue weighted by Crippen LogP contribution is 2.16. The van der Waals surface area contributed by atoms with E-state index < -0.39 is 26.6 Å². The summed E-state index contributed by atoms with van der Waals surface area (Å²) in [6.45, 7) is 0.0987. The van der Waals surface area contributed by atoms with Gasteiger partial charge in [-0.05, 0) is 30.3 Å². The van der Waals surface area contributed by atoms with Crippen LogP contribution in [0.25, 0.3) is 0 Å². The molecule has 3 rings (SSSR count). The van der Waals surface area contributed by atoms with Gasteiger partial charge in [0.25, 0.3) is 0 Å². The average Bonchev–Trinajstić information content (AvgIpc) is 2.68. The molecular weight excluding hydrogens is 390 g/mol. The number of rotatable bonds is 8. The first-order valence-corrected chi connectivity index (χ1v) is 9.61. The topological polar surface area (TPSA) is 109 Å². The Balaban J connectivity index is 1.55. The first-order chi connectivity index (χ1) is 13.4. The maximum absolute atomic E-state index is 13.6. The van der Waals surface area contributed by atoms with Crippen LogP contribution in [0.3, 0.4) is 0 Å². The molecule has 0 spiro atoms. The van der Waals surface area contributed by atoms with Crippen LogP contribution in [0, 0.1) is 11.6 Å². The lowest BCUT2D eigenvalue weighted by Crippen LogP contribution is -2.29.